The third-order valence-corrected chi connectivity index (χ3v) is 5.89. The van der Waals surface area contributed by atoms with Gasteiger partial charge in [-0.1, -0.05) is 6.42 Å². The number of anilines is 1. The van der Waals surface area contributed by atoms with Gasteiger partial charge in [0.25, 0.3) is 5.91 Å². The molecule has 0 atom stereocenters. The maximum atomic E-state index is 12.1. The quantitative estimate of drug-likeness (QED) is 0.481. The van der Waals surface area contributed by atoms with Crippen molar-refractivity contribution in [3.05, 3.63) is 38.7 Å². The Labute approximate surface area is 159 Å². The van der Waals surface area contributed by atoms with E-state index in [0.717, 1.165) is 31.2 Å². The molecule has 0 saturated heterocycles. The summed E-state index contributed by atoms with van der Waals surface area (Å²) in [6.07, 6.45) is 9.57. The molecule has 1 N–H and O–H groups in total. The highest BCUT2D eigenvalue weighted by molar-refractivity contribution is 7.16. The standard InChI is InChI=1S/C18H17N3O3S2/c19-10-13-12-4-2-1-3-5-14(12)26-18(13)21-15(22)11-24-17(23)7-6-16-20-8-9-25-16/h6-9H,1-5,11H2,(H,21,22). The molecule has 1 aliphatic rings. The first-order chi connectivity index (χ1) is 12.7. The lowest BCUT2D eigenvalue weighted by atomic mass is 10.1. The van der Waals surface area contributed by atoms with Gasteiger partial charge in [-0.05, 0) is 37.3 Å². The summed E-state index contributed by atoms with van der Waals surface area (Å²) in [5.74, 6) is -1.06. The summed E-state index contributed by atoms with van der Waals surface area (Å²) in [5.41, 5.74) is 1.61. The number of aromatic nitrogens is 1. The first kappa shape index (κ1) is 18.3. The van der Waals surface area contributed by atoms with E-state index in [1.54, 1.807) is 11.6 Å². The Morgan fingerprint density at radius 1 is 1.35 bits per heavy atom. The van der Waals surface area contributed by atoms with Gasteiger partial charge in [0.05, 0.1) is 5.56 Å². The van der Waals surface area contributed by atoms with Crippen molar-refractivity contribution in [3.63, 3.8) is 0 Å². The predicted molar refractivity (Wildman–Crippen MR) is 101 cm³/mol. The Morgan fingerprint density at radius 3 is 2.96 bits per heavy atom. The number of nitrogens with zero attached hydrogens (tertiary/aromatic N) is 2. The van der Waals surface area contributed by atoms with E-state index < -0.39 is 18.5 Å². The van der Waals surface area contributed by atoms with Gasteiger partial charge < -0.3 is 10.1 Å². The first-order valence-electron chi connectivity index (χ1n) is 8.26. The number of carbonyl (C=O) groups excluding carboxylic acids is 2. The van der Waals surface area contributed by atoms with Crippen molar-refractivity contribution in [2.45, 2.75) is 32.1 Å². The van der Waals surface area contributed by atoms with Gasteiger partial charge in [0.1, 0.15) is 16.1 Å². The number of nitrogens with one attached hydrogen (secondary N) is 1. The van der Waals surface area contributed by atoms with E-state index in [2.05, 4.69) is 16.4 Å². The highest BCUT2D eigenvalue weighted by Crippen LogP contribution is 2.36. The second-order valence-corrected chi connectivity index (χ2v) is 7.77. The zero-order chi connectivity index (χ0) is 18.4. The fraction of sp³-hybridized carbons (Fsp3) is 0.333. The molecule has 1 amide bonds. The van der Waals surface area contributed by atoms with Crippen LogP contribution in [0.1, 0.15) is 40.3 Å². The van der Waals surface area contributed by atoms with Gasteiger partial charge in [-0.3, -0.25) is 4.79 Å². The van der Waals surface area contributed by atoms with Crippen molar-refractivity contribution in [1.82, 2.24) is 4.98 Å². The third kappa shape index (κ3) is 4.56. The molecule has 0 bridgehead atoms. The zero-order valence-corrected chi connectivity index (χ0v) is 15.6. The molecular weight excluding hydrogens is 370 g/mol. The van der Waals surface area contributed by atoms with E-state index in [1.165, 1.54) is 46.1 Å². The Kier molecular flexibility index (Phi) is 6.15. The Balaban J connectivity index is 1.57. The smallest absolute Gasteiger partial charge is 0.331 e. The summed E-state index contributed by atoms with van der Waals surface area (Å²) < 4.78 is 4.93. The molecule has 0 saturated carbocycles. The minimum Gasteiger partial charge on any atom is -0.452 e. The zero-order valence-electron chi connectivity index (χ0n) is 14.0. The van der Waals surface area contributed by atoms with Crippen LogP contribution in [-0.4, -0.2) is 23.5 Å². The van der Waals surface area contributed by atoms with Gasteiger partial charge in [0.2, 0.25) is 0 Å². The number of hydrogen-bond donors (Lipinski definition) is 1. The van der Waals surface area contributed by atoms with Crippen molar-refractivity contribution >= 4 is 45.6 Å². The number of aryl methyl sites for hydroxylation is 1. The number of nitriles is 1. The van der Waals surface area contributed by atoms with Crippen LogP contribution in [0.15, 0.2) is 17.7 Å². The molecule has 1 aliphatic carbocycles. The monoisotopic (exact) mass is 387 g/mol. The van der Waals surface area contributed by atoms with Crippen molar-refractivity contribution in [3.8, 4) is 6.07 Å². The molecule has 0 aromatic carbocycles. The number of carbonyl (C=O) groups is 2. The number of rotatable bonds is 5. The van der Waals surface area contributed by atoms with Gasteiger partial charge in [0.15, 0.2) is 6.61 Å². The van der Waals surface area contributed by atoms with Crippen LogP contribution in [-0.2, 0) is 27.2 Å². The van der Waals surface area contributed by atoms with Crippen LogP contribution in [0.3, 0.4) is 0 Å². The molecule has 2 aromatic rings. The van der Waals surface area contributed by atoms with E-state index in [4.69, 9.17) is 4.74 Å². The highest BCUT2D eigenvalue weighted by atomic mass is 32.1. The number of thiazole rings is 1. The highest BCUT2D eigenvalue weighted by Gasteiger charge is 2.21. The molecule has 8 heteroatoms. The molecule has 0 aliphatic heterocycles. The number of fused-ring (bicyclic) bond motifs is 1. The lowest BCUT2D eigenvalue weighted by Crippen LogP contribution is -2.20. The number of thiophene rings is 1. The number of ether oxygens (including phenoxy) is 1. The largest absolute Gasteiger partial charge is 0.452 e. The van der Waals surface area contributed by atoms with Crippen LogP contribution in [0.25, 0.3) is 6.08 Å². The lowest BCUT2D eigenvalue weighted by Gasteiger charge is -2.04. The van der Waals surface area contributed by atoms with Crippen molar-refractivity contribution in [2.24, 2.45) is 0 Å². The van der Waals surface area contributed by atoms with Crippen molar-refractivity contribution in [1.29, 1.82) is 5.26 Å². The molecular formula is C18H17N3O3S2. The summed E-state index contributed by atoms with van der Waals surface area (Å²) >= 11 is 2.85. The van der Waals surface area contributed by atoms with Crippen LogP contribution in [0.2, 0.25) is 0 Å². The number of esters is 1. The molecule has 3 rings (SSSR count). The summed E-state index contributed by atoms with van der Waals surface area (Å²) in [4.78, 5) is 28.9. The van der Waals surface area contributed by atoms with Crippen molar-refractivity contribution in [2.75, 3.05) is 11.9 Å². The summed E-state index contributed by atoms with van der Waals surface area (Å²) in [7, 11) is 0. The van der Waals surface area contributed by atoms with Crippen LogP contribution in [0.4, 0.5) is 5.00 Å². The SMILES string of the molecule is N#Cc1c(NC(=O)COC(=O)C=Cc2nccs2)sc2c1CCCCC2. The maximum Gasteiger partial charge on any atom is 0.331 e. The Hall–Kier alpha value is -2.50. The minimum absolute atomic E-state index is 0.394. The lowest BCUT2D eigenvalue weighted by molar-refractivity contribution is -0.142. The van der Waals surface area contributed by atoms with Gasteiger partial charge in [-0.2, -0.15) is 5.26 Å². The number of hydrogen-bond acceptors (Lipinski definition) is 7. The second-order valence-electron chi connectivity index (χ2n) is 5.74. The third-order valence-electron chi connectivity index (χ3n) is 3.94. The molecule has 6 nitrogen and oxygen atoms in total. The molecule has 2 aromatic heterocycles. The average molecular weight is 387 g/mol. The normalized spacial score (nSPS) is 13.7. The topological polar surface area (TPSA) is 92.1 Å². The number of amides is 1. The van der Waals surface area contributed by atoms with Gasteiger partial charge in [-0.15, -0.1) is 22.7 Å². The fourth-order valence-corrected chi connectivity index (χ4v) is 4.54. The van der Waals surface area contributed by atoms with E-state index in [9.17, 15) is 14.9 Å². The van der Waals surface area contributed by atoms with Gasteiger partial charge in [0, 0.05) is 22.5 Å². The fourth-order valence-electron chi connectivity index (χ4n) is 2.75. The molecule has 134 valence electrons. The predicted octanol–water partition coefficient (Wildman–Crippen LogP) is 3.54. The average Bonchev–Trinajstić information content (AvgIpc) is 3.20. The summed E-state index contributed by atoms with van der Waals surface area (Å²) in [6.45, 7) is -0.394. The van der Waals surface area contributed by atoms with Gasteiger partial charge >= 0.3 is 5.97 Å². The minimum atomic E-state index is -0.613. The van der Waals surface area contributed by atoms with Crippen molar-refractivity contribution < 1.29 is 14.3 Å². The van der Waals surface area contributed by atoms with Gasteiger partial charge in [-0.25, -0.2) is 9.78 Å². The summed E-state index contributed by atoms with van der Waals surface area (Å²) in [5, 5.41) is 15.2. The van der Waals surface area contributed by atoms with E-state index in [1.807, 2.05) is 0 Å². The van der Waals surface area contributed by atoms with Crippen LogP contribution in [0, 0.1) is 11.3 Å². The molecule has 0 spiro atoms. The molecule has 0 fully saturated rings. The molecule has 26 heavy (non-hydrogen) atoms. The van der Waals surface area contributed by atoms with E-state index in [-0.39, 0.29) is 0 Å². The second kappa shape index (κ2) is 8.74. The Morgan fingerprint density at radius 2 is 2.19 bits per heavy atom. The Bertz CT molecular complexity index is 863. The van der Waals surface area contributed by atoms with Crippen LogP contribution >= 0.6 is 22.7 Å². The van der Waals surface area contributed by atoms with E-state index in [0.29, 0.717) is 15.6 Å². The molecule has 2 heterocycles. The molecule has 0 radical (unpaired) electrons. The van der Waals surface area contributed by atoms with Crippen LogP contribution < -0.4 is 5.32 Å². The summed E-state index contributed by atoms with van der Waals surface area (Å²) in [6, 6.07) is 2.21. The maximum absolute atomic E-state index is 12.1. The van der Waals surface area contributed by atoms with E-state index >= 15 is 0 Å². The van der Waals surface area contributed by atoms with Crippen LogP contribution in [0.5, 0.6) is 0 Å². The first-order valence-corrected chi connectivity index (χ1v) is 9.96. The molecule has 0 unspecified atom stereocenters.